The van der Waals surface area contributed by atoms with Gasteiger partial charge in [-0.25, -0.2) is 0 Å². The fourth-order valence-corrected chi connectivity index (χ4v) is 8.60. The number of furan rings is 2. The first-order chi connectivity index (χ1) is 24.8. The number of fused-ring (bicyclic) bond motifs is 6. The summed E-state index contributed by atoms with van der Waals surface area (Å²) in [5, 5.41) is 9.89. The molecule has 0 spiro atoms. The molecule has 10 rings (SSSR count). The highest BCUT2D eigenvalue weighted by atomic mass is 16.3. The quantitative estimate of drug-likeness (QED) is 0.178. The summed E-state index contributed by atoms with van der Waals surface area (Å²) in [5.74, 6) is 0.227. The third kappa shape index (κ3) is 4.48. The number of rotatable bonds is 4. The Balaban J connectivity index is 1.18. The fourth-order valence-electron chi connectivity index (χ4n) is 8.60. The summed E-state index contributed by atoms with van der Waals surface area (Å²) in [6.07, 6.45) is 9.00. The van der Waals surface area contributed by atoms with Gasteiger partial charge in [0.1, 0.15) is 22.2 Å². The molecule has 0 bridgehead atoms. The fraction of sp³-hybridized carbons (Fsp3) is 0.125. The van der Waals surface area contributed by atoms with Crippen molar-refractivity contribution in [2.24, 2.45) is 5.92 Å². The summed E-state index contributed by atoms with van der Waals surface area (Å²) < 4.78 is 13.1. The normalized spacial score (nSPS) is 18.4. The standard InChI is InChI=1S/C48H36O2/c1-2-30-29-41-37-20-8-9-25-42(37)50-48(41)36(31-14-4-3-5-15-31)19-7-6-18-34(30)32-16-10-17-33(28-32)35-21-11-22-38-39-23-12-26-43-46(39)47-40(45(35)38)24-13-27-44(47)49-43/h3-5,8-18,20-30H,2,6-7,19H2,1H3/b34-18+,41-29-,48-36-. The van der Waals surface area contributed by atoms with E-state index in [9.17, 15) is 0 Å². The molecule has 240 valence electrons. The van der Waals surface area contributed by atoms with E-state index in [1.807, 2.05) is 0 Å². The van der Waals surface area contributed by atoms with E-state index in [1.54, 1.807) is 0 Å². The number of hydrogen-bond donors (Lipinski definition) is 0. The first kappa shape index (κ1) is 29.1. The van der Waals surface area contributed by atoms with E-state index in [0.717, 1.165) is 47.8 Å². The monoisotopic (exact) mass is 644 g/mol. The zero-order chi connectivity index (χ0) is 33.2. The Bertz CT molecular complexity index is 2880. The third-order valence-corrected chi connectivity index (χ3v) is 10.9. The van der Waals surface area contributed by atoms with E-state index in [4.69, 9.17) is 8.83 Å². The highest BCUT2D eigenvalue weighted by molar-refractivity contribution is 6.34. The predicted molar refractivity (Wildman–Crippen MR) is 210 cm³/mol. The van der Waals surface area contributed by atoms with E-state index in [1.165, 1.54) is 76.3 Å². The molecule has 0 fully saturated rings. The minimum atomic E-state index is 0.227. The summed E-state index contributed by atoms with van der Waals surface area (Å²) in [4.78, 5) is 0. The summed E-state index contributed by atoms with van der Waals surface area (Å²) in [6, 6.07) is 48.3. The van der Waals surface area contributed by atoms with Crippen LogP contribution in [0.15, 0.2) is 148 Å². The van der Waals surface area contributed by atoms with E-state index in [2.05, 4.69) is 153 Å². The predicted octanol–water partition coefficient (Wildman–Crippen LogP) is 12.0. The maximum atomic E-state index is 6.72. The molecule has 2 heterocycles. The van der Waals surface area contributed by atoms with Gasteiger partial charge in [-0.2, -0.15) is 0 Å². The van der Waals surface area contributed by atoms with Crippen molar-refractivity contribution in [3.8, 4) is 11.1 Å². The van der Waals surface area contributed by atoms with Gasteiger partial charge in [-0.05, 0) is 99.3 Å². The van der Waals surface area contributed by atoms with Crippen LogP contribution >= 0.6 is 0 Å². The van der Waals surface area contributed by atoms with Gasteiger partial charge in [0.15, 0.2) is 0 Å². The Morgan fingerprint density at radius 1 is 0.560 bits per heavy atom. The summed E-state index contributed by atoms with van der Waals surface area (Å²) in [6.45, 7) is 2.31. The van der Waals surface area contributed by atoms with Gasteiger partial charge in [0, 0.05) is 32.9 Å². The molecule has 0 radical (unpaired) electrons. The van der Waals surface area contributed by atoms with Crippen molar-refractivity contribution in [3.05, 3.63) is 161 Å². The summed E-state index contributed by atoms with van der Waals surface area (Å²) in [5.41, 5.74) is 11.6. The average Bonchev–Trinajstić information content (AvgIpc) is 3.74. The summed E-state index contributed by atoms with van der Waals surface area (Å²) in [7, 11) is 0. The summed E-state index contributed by atoms with van der Waals surface area (Å²) >= 11 is 0. The largest absolute Gasteiger partial charge is 0.456 e. The Labute approximate surface area is 290 Å². The molecule has 7 aromatic carbocycles. The van der Waals surface area contributed by atoms with Gasteiger partial charge in [0.2, 0.25) is 0 Å². The van der Waals surface area contributed by atoms with Gasteiger partial charge < -0.3 is 8.83 Å². The van der Waals surface area contributed by atoms with Crippen LogP contribution in [-0.4, -0.2) is 0 Å². The third-order valence-electron chi connectivity index (χ3n) is 10.9. The van der Waals surface area contributed by atoms with E-state index >= 15 is 0 Å². The minimum Gasteiger partial charge on any atom is -0.456 e. The van der Waals surface area contributed by atoms with E-state index in [-0.39, 0.29) is 5.92 Å². The second-order valence-corrected chi connectivity index (χ2v) is 13.7. The first-order valence-electron chi connectivity index (χ1n) is 17.9. The van der Waals surface area contributed by atoms with Crippen LogP contribution in [0.3, 0.4) is 0 Å². The SMILES string of the molecule is CCC1/C=c2\c(oc3ccccc23)=C(\c2ccccc2)CCC/C=C\1c1cccc(-c2cccc3c4cccc5oc6cccc(c23)c6c54)c1. The molecule has 0 N–H and O–H groups in total. The number of allylic oxidation sites excluding steroid dienone is 2. The van der Waals surface area contributed by atoms with Gasteiger partial charge in [0.25, 0.3) is 0 Å². The molecule has 0 saturated carbocycles. The van der Waals surface area contributed by atoms with Crippen LogP contribution in [0, 0.1) is 5.92 Å². The van der Waals surface area contributed by atoms with Gasteiger partial charge >= 0.3 is 0 Å². The van der Waals surface area contributed by atoms with Crippen molar-refractivity contribution in [3.63, 3.8) is 0 Å². The Hall–Kier alpha value is -5.86. The lowest BCUT2D eigenvalue weighted by Gasteiger charge is -2.19. The van der Waals surface area contributed by atoms with Crippen molar-refractivity contribution in [2.75, 3.05) is 0 Å². The number of para-hydroxylation sites is 1. The molecule has 0 aliphatic heterocycles. The van der Waals surface area contributed by atoms with Gasteiger partial charge in [0.05, 0.1) is 0 Å². The Morgan fingerprint density at radius 3 is 2.04 bits per heavy atom. The molecule has 1 aliphatic carbocycles. The van der Waals surface area contributed by atoms with Crippen LogP contribution in [0.2, 0.25) is 0 Å². The van der Waals surface area contributed by atoms with Crippen LogP contribution in [0.1, 0.15) is 43.7 Å². The zero-order valence-corrected chi connectivity index (χ0v) is 28.1. The molecular formula is C48H36O2. The average molecular weight is 645 g/mol. The lowest BCUT2D eigenvalue weighted by Crippen LogP contribution is -2.25. The molecule has 1 atom stereocenters. The molecule has 2 aromatic heterocycles. The number of benzene rings is 7. The molecule has 2 heteroatoms. The van der Waals surface area contributed by atoms with E-state index < -0.39 is 0 Å². The van der Waals surface area contributed by atoms with Crippen LogP contribution in [-0.2, 0) is 0 Å². The lowest BCUT2D eigenvalue weighted by atomic mass is 9.85. The molecule has 2 nitrogen and oxygen atoms in total. The first-order valence-corrected chi connectivity index (χ1v) is 17.9. The smallest absolute Gasteiger partial charge is 0.138 e. The van der Waals surface area contributed by atoms with Crippen LogP contribution in [0.4, 0.5) is 0 Å². The van der Waals surface area contributed by atoms with Crippen LogP contribution < -0.4 is 10.6 Å². The second-order valence-electron chi connectivity index (χ2n) is 13.7. The Kier molecular flexibility index (Phi) is 6.77. The van der Waals surface area contributed by atoms with Crippen molar-refractivity contribution >= 4 is 71.7 Å². The van der Waals surface area contributed by atoms with Gasteiger partial charge in [-0.1, -0.05) is 128 Å². The molecule has 9 aromatic rings. The molecular weight excluding hydrogens is 609 g/mol. The van der Waals surface area contributed by atoms with Crippen molar-refractivity contribution in [1.29, 1.82) is 0 Å². The van der Waals surface area contributed by atoms with Crippen molar-refractivity contribution < 1.29 is 8.83 Å². The molecule has 1 unspecified atom stereocenters. The van der Waals surface area contributed by atoms with Gasteiger partial charge in [-0.15, -0.1) is 0 Å². The maximum absolute atomic E-state index is 6.72. The maximum Gasteiger partial charge on any atom is 0.138 e. The lowest BCUT2D eigenvalue weighted by molar-refractivity contribution is 0.568. The highest BCUT2D eigenvalue weighted by Gasteiger charge is 2.21. The Morgan fingerprint density at radius 2 is 1.20 bits per heavy atom. The minimum absolute atomic E-state index is 0.227. The molecule has 0 amide bonds. The van der Waals surface area contributed by atoms with Crippen LogP contribution in [0.25, 0.3) is 82.8 Å². The van der Waals surface area contributed by atoms with Crippen molar-refractivity contribution in [1.82, 2.24) is 0 Å². The molecule has 1 aliphatic rings. The highest BCUT2D eigenvalue weighted by Crippen LogP contribution is 2.45. The molecule has 0 saturated heterocycles. The van der Waals surface area contributed by atoms with Crippen molar-refractivity contribution in [2.45, 2.75) is 32.6 Å². The van der Waals surface area contributed by atoms with Crippen LogP contribution in [0.5, 0.6) is 0 Å². The zero-order valence-electron chi connectivity index (χ0n) is 28.1. The second kappa shape index (κ2) is 11.6. The van der Waals surface area contributed by atoms with Gasteiger partial charge in [-0.3, -0.25) is 0 Å². The topological polar surface area (TPSA) is 26.3 Å². The number of hydrogen-bond acceptors (Lipinski definition) is 2. The van der Waals surface area contributed by atoms with E-state index in [0.29, 0.717) is 0 Å². The molecule has 50 heavy (non-hydrogen) atoms.